The Bertz CT molecular complexity index is 400. The molecule has 0 amide bonds. The van der Waals surface area contributed by atoms with Gasteiger partial charge < -0.3 is 0 Å². The van der Waals surface area contributed by atoms with Gasteiger partial charge in [-0.15, -0.1) is 0 Å². The molecule has 0 bridgehead atoms. The number of rotatable bonds is 6. The minimum absolute atomic E-state index is 0.448. The third-order valence-electron chi connectivity index (χ3n) is 7.54. The molecule has 0 aliphatic heterocycles. The Hall–Kier alpha value is -0.400. The Morgan fingerprint density at radius 3 is 1.75 bits per heavy atom. The topological polar surface area (TPSA) is 0 Å². The zero-order valence-corrected chi connectivity index (χ0v) is 15.5. The second kappa shape index (κ2) is 8.81. The summed E-state index contributed by atoms with van der Waals surface area (Å²) in [5, 5.41) is 0. The van der Waals surface area contributed by atoms with Gasteiger partial charge in [0.1, 0.15) is 0 Å². The molecular weight excluding hydrogens is 302 g/mol. The van der Waals surface area contributed by atoms with E-state index >= 15 is 0 Å². The molecule has 0 aromatic rings. The van der Waals surface area contributed by atoms with Gasteiger partial charge in [-0.05, 0) is 86.5 Å². The smallest absolute Gasteiger partial charge is 0.173 e. The van der Waals surface area contributed by atoms with Gasteiger partial charge in [0.25, 0.3) is 6.08 Å². The summed E-state index contributed by atoms with van der Waals surface area (Å²) in [6.45, 7) is 2.29. The van der Waals surface area contributed by atoms with Crippen molar-refractivity contribution < 1.29 is 8.78 Å². The van der Waals surface area contributed by atoms with Gasteiger partial charge in [0.2, 0.25) is 0 Å². The van der Waals surface area contributed by atoms with Crippen molar-refractivity contribution in [3.05, 3.63) is 11.7 Å². The standard InChI is InChI=1S/C22H36F2/c1-2-3-4-5-16-6-8-17(9-7-16)18-10-12-19(13-11-18)20-14-21(15-20)22(23)24/h16-20H,2-15H2,1H3. The summed E-state index contributed by atoms with van der Waals surface area (Å²) >= 11 is 0. The molecule has 0 atom stereocenters. The van der Waals surface area contributed by atoms with Crippen LogP contribution in [0.3, 0.4) is 0 Å². The highest BCUT2D eigenvalue weighted by Crippen LogP contribution is 2.49. The van der Waals surface area contributed by atoms with E-state index in [0.29, 0.717) is 24.3 Å². The predicted octanol–water partition coefficient (Wildman–Crippen LogP) is 7.74. The molecule has 0 radical (unpaired) electrons. The number of halogens is 2. The van der Waals surface area contributed by atoms with E-state index in [1.54, 1.807) is 0 Å². The molecule has 3 aliphatic rings. The third kappa shape index (κ3) is 4.61. The van der Waals surface area contributed by atoms with Crippen LogP contribution in [0.25, 0.3) is 0 Å². The van der Waals surface area contributed by atoms with Crippen LogP contribution in [-0.4, -0.2) is 0 Å². The summed E-state index contributed by atoms with van der Waals surface area (Å²) in [5.74, 6) is 4.27. The van der Waals surface area contributed by atoms with Crippen molar-refractivity contribution in [1.29, 1.82) is 0 Å². The molecular formula is C22H36F2. The zero-order chi connectivity index (χ0) is 16.9. The fourth-order valence-corrected chi connectivity index (χ4v) is 5.78. The quantitative estimate of drug-likeness (QED) is 0.434. The van der Waals surface area contributed by atoms with E-state index in [0.717, 1.165) is 23.7 Å². The summed E-state index contributed by atoms with van der Waals surface area (Å²) in [7, 11) is 0. The molecule has 0 unspecified atom stereocenters. The second-order valence-corrected chi connectivity index (χ2v) is 8.98. The highest BCUT2D eigenvalue weighted by atomic mass is 19.3. The van der Waals surface area contributed by atoms with Gasteiger partial charge in [0, 0.05) is 0 Å². The summed E-state index contributed by atoms with van der Waals surface area (Å²) in [6, 6.07) is 0. The van der Waals surface area contributed by atoms with Crippen LogP contribution in [-0.2, 0) is 0 Å². The Kier molecular flexibility index (Phi) is 6.75. The van der Waals surface area contributed by atoms with Crippen LogP contribution in [0, 0.1) is 29.6 Å². The lowest BCUT2D eigenvalue weighted by molar-refractivity contribution is 0.110. The fraction of sp³-hybridized carbons (Fsp3) is 0.909. The summed E-state index contributed by atoms with van der Waals surface area (Å²) in [4.78, 5) is 0. The van der Waals surface area contributed by atoms with Gasteiger partial charge in [-0.3, -0.25) is 0 Å². The van der Waals surface area contributed by atoms with Crippen LogP contribution < -0.4 is 0 Å². The lowest BCUT2D eigenvalue weighted by Crippen LogP contribution is -2.31. The predicted molar refractivity (Wildman–Crippen MR) is 97.0 cm³/mol. The average Bonchev–Trinajstić information content (AvgIpc) is 2.55. The molecule has 0 spiro atoms. The maximum Gasteiger partial charge on any atom is 0.269 e. The first kappa shape index (κ1) is 18.4. The van der Waals surface area contributed by atoms with Crippen molar-refractivity contribution in [2.75, 3.05) is 0 Å². The Morgan fingerprint density at radius 2 is 1.25 bits per heavy atom. The van der Waals surface area contributed by atoms with Crippen molar-refractivity contribution in [3.63, 3.8) is 0 Å². The van der Waals surface area contributed by atoms with Crippen molar-refractivity contribution in [1.82, 2.24) is 0 Å². The van der Waals surface area contributed by atoms with E-state index in [-0.39, 0.29) is 0 Å². The SMILES string of the molecule is CCCCCC1CCC(C2CCC(C3CC(=C(F)F)C3)CC2)CC1. The number of allylic oxidation sites excluding steroid dienone is 1. The molecule has 0 heterocycles. The number of hydrogen-bond acceptors (Lipinski definition) is 0. The lowest BCUT2D eigenvalue weighted by Gasteiger charge is -2.42. The third-order valence-corrected chi connectivity index (χ3v) is 7.54. The molecule has 3 saturated carbocycles. The highest BCUT2D eigenvalue weighted by Gasteiger charge is 2.37. The summed E-state index contributed by atoms with van der Waals surface area (Å²) in [5.41, 5.74) is 0.448. The number of unbranched alkanes of at least 4 members (excludes halogenated alkanes) is 2. The van der Waals surface area contributed by atoms with Crippen LogP contribution in [0.5, 0.6) is 0 Å². The molecule has 0 aromatic carbocycles. The molecule has 138 valence electrons. The monoisotopic (exact) mass is 338 g/mol. The van der Waals surface area contributed by atoms with Crippen LogP contribution in [0.4, 0.5) is 8.78 Å². The molecule has 3 aliphatic carbocycles. The maximum absolute atomic E-state index is 12.5. The second-order valence-electron chi connectivity index (χ2n) is 8.98. The first-order valence-corrected chi connectivity index (χ1v) is 10.7. The Labute approximate surface area is 147 Å². The van der Waals surface area contributed by atoms with E-state index in [1.165, 1.54) is 77.0 Å². The van der Waals surface area contributed by atoms with Gasteiger partial charge in [0.15, 0.2) is 0 Å². The first-order chi connectivity index (χ1) is 11.7. The van der Waals surface area contributed by atoms with Crippen molar-refractivity contribution in [2.24, 2.45) is 29.6 Å². The average molecular weight is 339 g/mol. The molecule has 3 fully saturated rings. The van der Waals surface area contributed by atoms with Crippen LogP contribution >= 0.6 is 0 Å². The van der Waals surface area contributed by atoms with Crippen molar-refractivity contribution >= 4 is 0 Å². The largest absolute Gasteiger partial charge is 0.269 e. The molecule has 2 heteroatoms. The molecule has 0 aromatic heterocycles. The maximum atomic E-state index is 12.5. The normalized spacial score (nSPS) is 37.1. The summed E-state index contributed by atoms with van der Waals surface area (Å²) in [6.07, 6.45) is 16.9. The van der Waals surface area contributed by atoms with E-state index in [2.05, 4.69) is 6.92 Å². The summed E-state index contributed by atoms with van der Waals surface area (Å²) < 4.78 is 25.1. The molecule has 0 saturated heterocycles. The minimum atomic E-state index is -1.39. The van der Waals surface area contributed by atoms with Crippen molar-refractivity contribution in [2.45, 2.75) is 96.8 Å². The van der Waals surface area contributed by atoms with E-state index in [1.807, 2.05) is 0 Å². The van der Waals surface area contributed by atoms with Crippen LogP contribution in [0.2, 0.25) is 0 Å². The molecule has 3 rings (SSSR count). The molecule has 0 nitrogen and oxygen atoms in total. The number of hydrogen-bond donors (Lipinski definition) is 0. The van der Waals surface area contributed by atoms with E-state index < -0.39 is 6.08 Å². The van der Waals surface area contributed by atoms with Crippen molar-refractivity contribution in [3.8, 4) is 0 Å². The minimum Gasteiger partial charge on any atom is -0.173 e. The van der Waals surface area contributed by atoms with Gasteiger partial charge in [0.05, 0.1) is 0 Å². The highest BCUT2D eigenvalue weighted by molar-refractivity contribution is 5.14. The van der Waals surface area contributed by atoms with Gasteiger partial charge in [-0.2, -0.15) is 8.78 Å². The van der Waals surface area contributed by atoms with Gasteiger partial charge >= 0.3 is 0 Å². The molecule has 0 N–H and O–H groups in total. The molecule has 24 heavy (non-hydrogen) atoms. The Morgan fingerprint density at radius 1 is 0.750 bits per heavy atom. The fourth-order valence-electron chi connectivity index (χ4n) is 5.78. The first-order valence-electron chi connectivity index (χ1n) is 10.7. The van der Waals surface area contributed by atoms with Gasteiger partial charge in [-0.1, -0.05) is 45.4 Å². The van der Waals surface area contributed by atoms with Gasteiger partial charge in [-0.25, -0.2) is 0 Å². The lowest BCUT2D eigenvalue weighted by atomic mass is 9.63. The van der Waals surface area contributed by atoms with Crippen LogP contribution in [0.15, 0.2) is 11.7 Å². The zero-order valence-electron chi connectivity index (χ0n) is 15.5. The van der Waals surface area contributed by atoms with E-state index in [9.17, 15) is 8.78 Å². The van der Waals surface area contributed by atoms with Crippen LogP contribution in [0.1, 0.15) is 96.8 Å². The Balaban J connectivity index is 1.34. The van der Waals surface area contributed by atoms with E-state index in [4.69, 9.17) is 0 Å².